The van der Waals surface area contributed by atoms with E-state index in [4.69, 9.17) is 9.97 Å². The van der Waals surface area contributed by atoms with E-state index >= 15 is 0 Å². The third kappa shape index (κ3) is 3.66. The number of rotatable bonds is 3. The lowest BCUT2D eigenvalue weighted by Gasteiger charge is -2.29. The zero-order valence-electron chi connectivity index (χ0n) is 14.8. The van der Waals surface area contributed by atoms with Crippen LogP contribution in [0.1, 0.15) is 62.6 Å². The lowest BCUT2D eigenvalue weighted by atomic mass is 9.96. The number of aryl methyl sites for hydroxylation is 1. The standard InChI is InChI=1S/C19H31N5/c1-2-6-13-24(12-5-1)18-16-9-3-4-10-17(16)22-19(23-18)21-15-8-7-11-20-14-15/h15,20H,1-14H2,(H,21,22,23). The molecule has 3 heterocycles. The van der Waals surface area contributed by atoms with Gasteiger partial charge in [-0.15, -0.1) is 0 Å². The van der Waals surface area contributed by atoms with E-state index in [1.807, 2.05) is 0 Å². The fraction of sp³-hybridized carbons (Fsp3) is 0.789. The molecule has 24 heavy (non-hydrogen) atoms. The summed E-state index contributed by atoms with van der Waals surface area (Å²) in [5, 5.41) is 7.09. The number of nitrogens with one attached hydrogen (secondary N) is 2. The molecule has 1 unspecified atom stereocenters. The molecule has 2 saturated heterocycles. The summed E-state index contributed by atoms with van der Waals surface area (Å²) in [5.41, 5.74) is 2.75. The predicted octanol–water partition coefficient (Wildman–Crippen LogP) is 2.90. The molecule has 0 saturated carbocycles. The van der Waals surface area contributed by atoms with Crippen LogP contribution in [0.25, 0.3) is 0 Å². The number of anilines is 2. The van der Waals surface area contributed by atoms with Crippen LogP contribution in [0.4, 0.5) is 11.8 Å². The summed E-state index contributed by atoms with van der Waals surface area (Å²) in [6.45, 7) is 4.49. The van der Waals surface area contributed by atoms with Crippen molar-refractivity contribution in [2.45, 2.75) is 70.3 Å². The average Bonchev–Trinajstić information content (AvgIpc) is 2.91. The number of nitrogens with zero attached hydrogens (tertiary/aromatic N) is 3. The van der Waals surface area contributed by atoms with Gasteiger partial charge >= 0.3 is 0 Å². The molecule has 1 aromatic rings. The lowest BCUT2D eigenvalue weighted by molar-refractivity contribution is 0.477. The molecule has 5 nitrogen and oxygen atoms in total. The van der Waals surface area contributed by atoms with Crippen LogP contribution in [-0.4, -0.2) is 42.2 Å². The van der Waals surface area contributed by atoms with Crippen LogP contribution >= 0.6 is 0 Å². The third-order valence-corrected chi connectivity index (χ3v) is 5.70. The lowest BCUT2D eigenvalue weighted by Crippen LogP contribution is -2.39. The summed E-state index contributed by atoms with van der Waals surface area (Å²) in [6, 6.07) is 0.470. The van der Waals surface area contributed by atoms with Crippen molar-refractivity contribution < 1.29 is 0 Å². The predicted molar refractivity (Wildman–Crippen MR) is 98.9 cm³/mol. The summed E-state index contributed by atoms with van der Waals surface area (Å²) < 4.78 is 0. The number of aromatic nitrogens is 2. The average molecular weight is 329 g/mol. The molecule has 4 rings (SSSR count). The number of hydrogen-bond donors (Lipinski definition) is 2. The Hall–Kier alpha value is -1.36. The van der Waals surface area contributed by atoms with Crippen LogP contribution in [0, 0.1) is 0 Å². The second-order valence-corrected chi connectivity index (χ2v) is 7.59. The Bertz CT molecular complexity index is 545. The minimum atomic E-state index is 0.470. The molecule has 0 amide bonds. The second-order valence-electron chi connectivity index (χ2n) is 7.59. The zero-order valence-corrected chi connectivity index (χ0v) is 14.8. The Kier molecular flexibility index (Phi) is 5.16. The van der Waals surface area contributed by atoms with E-state index in [0.717, 1.165) is 45.0 Å². The molecule has 0 aromatic carbocycles. The number of fused-ring (bicyclic) bond motifs is 1. The highest BCUT2D eigenvalue weighted by molar-refractivity contribution is 5.54. The minimum Gasteiger partial charge on any atom is -0.356 e. The van der Waals surface area contributed by atoms with Gasteiger partial charge in [0.2, 0.25) is 5.95 Å². The van der Waals surface area contributed by atoms with E-state index in [2.05, 4.69) is 15.5 Å². The normalized spacial score (nSPS) is 25.0. The van der Waals surface area contributed by atoms with Crippen LogP contribution < -0.4 is 15.5 Å². The van der Waals surface area contributed by atoms with Crippen LogP contribution in [0.15, 0.2) is 0 Å². The smallest absolute Gasteiger partial charge is 0.225 e. The van der Waals surface area contributed by atoms with Crippen molar-refractivity contribution in [2.75, 3.05) is 36.4 Å². The first-order valence-corrected chi connectivity index (χ1v) is 10.0. The van der Waals surface area contributed by atoms with Gasteiger partial charge in [0.15, 0.2) is 0 Å². The Balaban J connectivity index is 1.61. The Morgan fingerprint density at radius 3 is 2.54 bits per heavy atom. The fourth-order valence-electron chi connectivity index (χ4n) is 4.34. The summed E-state index contributed by atoms with van der Waals surface area (Å²) >= 11 is 0. The highest BCUT2D eigenvalue weighted by atomic mass is 15.2. The molecule has 132 valence electrons. The van der Waals surface area contributed by atoms with E-state index in [1.54, 1.807) is 0 Å². The molecular formula is C19H31N5. The van der Waals surface area contributed by atoms with Crippen LogP contribution in [0.2, 0.25) is 0 Å². The monoisotopic (exact) mass is 329 g/mol. The first kappa shape index (κ1) is 16.1. The van der Waals surface area contributed by atoms with E-state index in [-0.39, 0.29) is 0 Å². The van der Waals surface area contributed by atoms with Crippen molar-refractivity contribution in [1.82, 2.24) is 15.3 Å². The minimum absolute atomic E-state index is 0.470. The number of piperidine rings is 1. The van der Waals surface area contributed by atoms with Crippen LogP contribution in [0.5, 0.6) is 0 Å². The molecule has 2 fully saturated rings. The van der Waals surface area contributed by atoms with Crippen molar-refractivity contribution in [2.24, 2.45) is 0 Å². The molecular weight excluding hydrogens is 298 g/mol. The first-order chi connectivity index (χ1) is 11.9. The maximum atomic E-state index is 5.02. The Morgan fingerprint density at radius 1 is 0.917 bits per heavy atom. The van der Waals surface area contributed by atoms with Gasteiger partial charge in [0.1, 0.15) is 5.82 Å². The molecule has 0 spiro atoms. The van der Waals surface area contributed by atoms with Gasteiger partial charge in [0.25, 0.3) is 0 Å². The van der Waals surface area contributed by atoms with E-state index in [0.29, 0.717) is 6.04 Å². The molecule has 3 aliphatic rings. The third-order valence-electron chi connectivity index (χ3n) is 5.70. The van der Waals surface area contributed by atoms with Gasteiger partial charge in [0.05, 0.1) is 5.69 Å². The van der Waals surface area contributed by atoms with Crippen molar-refractivity contribution in [1.29, 1.82) is 0 Å². The molecule has 0 radical (unpaired) electrons. The summed E-state index contributed by atoms with van der Waals surface area (Å²) in [5.74, 6) is 2.11. The molecule has 1 atom stereocenters. The second kappa shape index (κ2) is 7.68. The Labute approximate surface area is 145 Å². The van der Waals surface area contributed by atoms with Crippen LogP contribution in [0.3, 0.4) is 0 Å². The van der Waals surface area contributed by atoms with Gasteiger partial charge < -0.3 is 15.5 Å². The zero-order chi connectivity index (χ0) is 16.2. The van der Waals surface area contributed by atoms with Gasteiger partial charge in [-0.1, -0.05) is 12.8 Å². The molecule has 2 N–H and O–H groups in total. The van der Waals surface area contributed by atoms with E-state index < -0.39 is 0 Å². The van der Waals surface area contributed by atoms with Crippen molar-refractivity contribution in [3.05, 3.63) is 11.3 Å². The fourth-order valence-corrected chi connectivity index (χ4v) is 4.34. The maximum Gasteiger partial charge on any atom is 0.225 e. The van der Waals surface area contributed by atoms with E-state index in [9.17, 15) is 0 Å². The molecule has 1 aromatic heterocycles. The first-order valence-electron chi connectivity index (χ1n) is 10.0. The highest BCUT2D eigenvalue weighted by Gasteiger charge is 2.23. The summed E-state index contributed by atoms with van der Waals surface area (Å²) in [7, 11) is 0. The molecule has 2 aliphatic heterocycles. The largest absolute Gasteiger partial charge is 0.356 e. The Morgan fingerprint density at radius 2 is 1.75 bits per heavy atom. The van der Waals surface area contributed by atoms with Gasteiger partial charge in [-0.3, -0.25) is 0 Å². The van der Waals surface area contributed by atoms with Gasteiger partial charge in [-0.2, -0.15) is 4.98 Å². The van der Waals surface area contributed by atoms with Crippen molar-refractivity contribution in [3.63, 3.8) is 0 Å². The quantitative estimate of drug-likeness (QED) is 0.893. The maximum absolute atomic E-state index is 5.02. The highest BCUT2D eigenvalue weighted by Crippen LogP contribution is 2.30. The van der Waals surface area contributed by atoms with Crippen LogP contribution in [-0.2, 0) is 12.8 Å². The summed E-state index contributed by atoms with van der Waals surface area (Å²) in [4.78, 5) is 12.5. The topological polar surface area (TPSA) is 53.1 Å². The SMILES string of the molecule is C1CCCN(c2nc(NC3CCCNC3)nc3c2CCCC3)CC1. The summed E-state index contributed by atoms with van der Waals surface area (Å²) in [6.07, 6.45) is 12.6. The molecule has 5 heteroatoms. The molecule has 0 bridgehead atoms. The van der Waals surface area contributed by atoms with Gasteiger partial charge in [-0.05, 0) is 57.9 Å². The van der Waals surface area contributed by atoms with Gasteiger partial charge in [-0.25, -0.2) is 4.98 Å². The van der Waals surface area contributed by atoms with E-state index in [1.165, 1.54) is 68.4 Å². The van der Waals surface area contributed by atoms with Gasteiger partial charge in [0, 0.05) is 31.2 Å². The molecule has 1 aliphatic carbocycles. The number of hydrogen-bond acceptors (Lipinski definition) is 5. The van der Waals surface area contributed by atoms with Crippen molar-refractivity contribution >= 4 is 11.8 Å². The van der Waals surface area contributed by atoms with Crippen molar-refractivity contribution in [3.8, 4) is 0 Å².